The lowest BCUT2D eigenvalue weighted by Gasteiger charge is -2.15. The number of hydrogen-bond donors (Lipinski definition) is 0. The molecule has 0 unspecified atom stereocenters. The van der Waals surface area contributed by atoms with Gasteiger partial charge in [0.15, 0.2) is 0 Å². The third kappa shape index (κ3) is 2.88. The molecule has 0 radical (unpaired) electrons. The van der Waals surface area contributed by atoms with Crippen molar-refractivity contribution in [2.45, 2.75) is 13.5 Å². The zero-order chi connectivity index (χ0) is 13.0. The third-order valence-corrected chi connectivity index (χ3v) is 3.31. The highest BCUT2D eigenvalue weighted by atomic mass is 16.6. The molecule has 1 aliphatic heterocycles. The summed E-state index contributed by atoms with van der Waals surface area (Å²) in [7, 11) is 0. The average molecular weight is 247 g/mol. The lowest BCUT2D eigenvalue weighted by molar-refractivity contribution is -0.111. The van der Waals surface area contributed by atoms with Crippen LogP contribution in [0.15, 0.2) is 30.3 Å². The van der Waals surface area contributed by atoms with Gasteiger partial charge in [-0.15, -0.1) is 0 Å². The second-order valence-corrected chi connectivity index (χ2v) is 4.72. The summed E-state index contributed by atoms with van der Waals surface area (Å²) in [6.07, 6.45) is 0.588. The molecular formula is C14H17NO3. The number of benzene rings is 1. The summed E-state index contributed by atoms with van der Waals surface area (Å²) in [4.78, 5) is 24.2. The van der Waals surface area contributed by atoms with Gasteiger partial charge in [0.25, 0.3) is 0 Å². The van der Waals surface area contributed by atoms with Crippen LogP contribution in [-0.2, 0) is 16.1 Å². The van der Waals surface area contributed by atoms with E-state index in [9.17, 15) is 9.59 Å². The maximum absolute atomic E-state index is 11.8. The molecule has 1 saturated heterocycles. The Bertz CT molecular complexity index is 418. The number of likely N-dealkylation sites (tertiary alicyclic amines) is 1. The number of ether oxygens (including phenoxy) is 1. The maximum Gasteiger partial charge on any atom is 0.410 e. The summed E-state index contributed by atoms with van der Waals surface area (Å²) in [5, 5.41) is 0. The first-order valence-corrected chi connectivity index (χ1v) is 6.11. The van der Waals surface area contributed by atoms with E-state index in [2.05, 4.69) is 0 Å². The van der Waals surface area contributed by atoms with Crippen LogP contribution in [0.25, 0.3) is 0 Å². The van der Waals surface area contributed by atoms with Crippen LogP contribution in [0, 0.1) is 11.8 Å². The molecular weight excluding hydrogens is 230 g/mol. The van der Waals surface area contributed by atoms with Gasteiger partial charge >= 0.3 is 6.09 Å². The second-order valence-electron chi connectivity index (χ2n) is 4.72. The SMILES string of the molecule is C[C@H]1CN(C(=O)OCc2ccccc2)C[C@H]1C=O. The number of hydrogen-bond acceptors (Lipinski definition) is 3. The maximum atomic E-state index is 11.8. The van der Waals surface area contributed by atoms with Crippen LogP contribution in [0.2, 0.25) is 0 Å². The highest BCUT2D eigenvalue weighted by molar-refractivity contribution is 5.69. The molecule has 0 N–H and O–H groups in total. The Labute approximate surface area is 107 Å². The molecule has 4 heteroatoms. The first kappa shape index (κ1) is 12.6. The van der Waals surface area contributed by atoms with Crippen molar-refractivity contribution in [3.05, 3.63) is 35.9 Å². The first-order chi connectivity index (χ1) is 8.70. The van der Waals surface area contributed by atoms with Gasteiger partial charge in [0, 0.05) is 19.0 Å². The monoisotopic (exact) mass is 247 g/mol. The number of rotatable bonds is 3. The summed E-state index contributed by atoms with van der Waals surface area (Å²) in [6.45, 7) is 3.31. The van der Waals surface area contributed by atoms with E-state index in [1.54, 1.807) is 4.90 Å². The zero-order valence-corrected chi connectivity index (χ0v) is 10.4. The third-order valence-electron chi connectivity index (χ3n) is 3.31. The van der Waals surface area contributed by atoms with E-state index in [1.807, 2.05) is 37.3 Å². The van der Waals surface area contributed by atoms with Crippen molar-refractivity contribution in [1.29, 1.82) is 0 Å². The van der Waals surface area contributed by atoms with Crippen molar-refractivity contribution in [2.75, 3.05) is 13.1 Å². The van der Waals surface area contributed by atoms with E-state index in [1.165, 1.54) is 0 Å². The molecule has 2 atom stereocenters. The summed E-state index contributed by atoms with van der Waals surface area (Å²) >= 11 is 0. The Kier molecular flexibility index (Phi) is 3.97. The predicted molar refractivity (Wildman–Crippen MR) is 66.9 cm³/mol. The number of carbonyl (C=O) groups is 2. The molecule has 2 rings (SSSR count). The first-order valence-electron chi connectivity index (χ1n) is 6.11. The molecule has 0 spiro atoms. The van der Waals surface area contributed by atoms with Gasteiger partial charge in [-0.05, 0) is 11.5 Å². The number of amides is 1. The van der Waals surface area contributed by atoms with Crippen LogP contribution in [0.5, 0.6) is 0 Å². The van der Waals surface area contributed by atoms with E-state index in [4.69, 9.17) is 4.74 Å². The van der Waals surface area contributed by atoms with Gasteiger partial charge in [0.2, 0.25) is 0 Å². The standard InChI is InChI=1S/C14H17NO3/c1-11-7-15(8-13(11)9-16)14(17)18-10-12-5-3-2-4-6-12/h2-6,9,11,13H,7-8,10H2,1H3/t11-,13-/m0/s1. The van der Waals surface area contributed by atoms with Crippen molar-refractivity contribution in [1.82, 2.24) is 4.90 Å². The molecule has 0 aromatic heterocycles. The van der Waals surface area contributed by atoms with Gasteiger partial charge in [0.1, 0.15) is 12.9 Å². The molecule has 96 valence electrons. The van der Waals surface area contributed by atoms with Crippen LogP contribution in [0.3, 0.4) is 0 Å². The Morgan fingerprint density at radius 3 is 2.72 bits per heavy atom. The molecule has 1 amide bonds. The lowest BCUT2D eigenvalue weighted by atomic mass is 10.0. The van der Waals surface area contributed by atoms with Gasteiger partial charge in [-0.2, -0.15) is 0 Å². The summed E-state index contributed by atoms with van der Waals surface area (Å²) < 4.78 is 5.22. The van der Waals surface area contributed by atoms with Crippen LogP contribution in [0.1, 0.15) is 12.5 Å². The highest BCUT2D eigenvalue weighted by Crippen LogP contribution is 2.21. The predicted octanol–water partition coefficient (Wildman–Crippen LogP) is 2.09. The van der Waals surface area contributed by atoms with E-state index in [0.717, 1.165) is 11.8 Å². The largest absolute Gasteiger partial charge is 0.445 e. The van der Waals surface area contributed by atoms with E-state index in [-0.39, 0.29) is 24.5 Å². The lowest BCUT2D eigenvalue weighted by Crippen LogP contribution is -2.29. The molecule has 4 nitrogen and oxygen atoms in total. The average Bonchev–Trinajstić information content (AvgIpc) is 2.78. The summed E-state index contributed by atoms with van der Waals surface area (Å²) in [6, 6.07) is 9.55. The fourth-order valence-corrected chi connectivity index (χ4v) is 2.13. The zero-order valence-electron chi connectivity index (χ0n) is 10.4. The van der Waals surface area contributed by atoms with Crippen molar-refractivity contribution in [3.8, 4) is 0 Å². The normalized spacial score (nSPS) is 22.8. The molecule has 1 aromatic carbocycles. The van der Waals surface area contributed by atoms with Crippen LogP contribution >= 0.6 is 0 Å². The van der Waals surface area contributed by atoms with Crippen molar-refractivity contribution in [3.63, 3.8) is 0 Å². The van der Waals surface area contributed by atoms with Gasteiger partial charge in [-0.25, -0.2) is 4.79 Å². The highest BCUT2D eigenvalue weighted by Gasteiger charge is 2.32. The van der Waals surface area contributed by atoms with Gasteiger partial charge in [-0.1, -0.05) is 37.3 Å². The van der Waals surface area contributed by atoms with E-state index < -0.39 is 0 Å². The molecule has 0 saturated carbocycles. The Balaban J connectivity index is 1.84. The molecule has 1 fully saturated rings. The summed E-state index contributed by atoms with van der Waals surface area (Å²) in [5.41, 5.74) is 0.963. The fourth-order valence-electron chi connectivity index (χ4n) is 2.13. The number of aldehydes is 1. The number of carbonyl (C=O) groups excluding carboxylic acids is 2. The van der Waals surface area contributed by atoms with Gasteiger partial charge in [-0.3, -0.25) is 0 Å². The van der Waals surface area contributed by atoms with Crippen molar-refractivity contribution >= 4 is 12.4 Å². The molecule has 18 heavy (non-hydrogen) atoms. The number of nitrogens with zero attached hydrogens (tertiary/aromatic N) is 1. The minimum absolute atomic E-state index is 0.0609. The Morgan fingerprint density at radius 1 is 1.39 bits per heavy atom. The second kappa shape index (κ2) is 5.67. The molecule has 1 aliphatic rings. The molecule has 0 bridgehead atoms. The molecule has 0 aliphatic carbocycles. The van der Waals surface area contributed by atoms with E-state index >= 15 is 0 Å². The summed E-state index contributed by atoms with van der Waals surface area (Å²) in [5.74, 6) is 0.154. The Hall–Kier alpha value is -1.84. The van der Waals surface area contributed by atoms with Gasteiger partial charge < -0.3 is 14.4 Å². The van der Waals surface area contributed by atoms with Crippen LogP contribution in [0.4, 0.5) is 4.79 Å². The van der Waals surface area contributed by atoms with Crippen molar-refractivity contribution < 1.29 is 14.3 Å². The minimum atomic E-state index is -0.338. The van der Waals surface area contributed by atoms with Crippen LogP contribution in [-0.4, -0.2) is 30.4 Å². The Morgan fingerprint density at radius 2 is 2.11 bits per heavy atom. The smallest absolute Gasteiger partial charge is 0.410 e. The van der Waals surface area contributed by atoms with Crippen molar-refractivity contribution in [2.24, 2.45) is 11.8 Å². The fraction of sp³-hybridized carbons (Fsp3) is 0.429. The molecule has 1 heterocycles. The van der Waals surface area contributed by atoms with Gasteiger partial charge in [0.05, 0.1) is 0 Å². The minimum Gasteiger partial charge on any atom is -0.445 e. The van der Waals surface area contributed by atoms with Crippen LogP contribution < -0.4 is 0 Å². The molecule has 1 aromatic rings. The van der Waals surface area contributed by atoms with E-state index in [0.29, 0.717) is 13.1 Å². The quantitative estimate of drug-likeness (QED) is 0.768. The topological polar surface area (TPSA) is 46.6 Å².